The number of nitrogens with zero attached hydrogens (tertiary/aromatic N) is 1. The maximum atomic E-state index is 13.6. The number of carbonyl (C=O) groups excluding carboxylic acids is 2. The Labute approximate surface area is 516 Å². The van der Waals surface area contributed by atoms with Crippen LogP contribution < -0.4 is 5.32 Å². The van der Waals surface area contributed by atoms with Crippen molar-refractivity contribution >= 4 is 19.7 Å². The van der Waals surface area contributed by atoms with E-state index in [2.05, 4.69) is 62.5 Å². The molecule has 0 spiro atoms. The molecule has 3 unspecified atom stereocenters. The van der Waals surface area contributed by atoms with Crippen molar-refractivity contribution < 1.29 is 37.3 Å². The lowest BCUT2D eigenvalue weighted by Gasteiger charge is -2.27. The molecular weight excluding hydrogens is 1050 g/mol. The molecule has 0 aliphatic carbocycles. The lowest BCUT2D eigenvalue weighted by atomic mass is 10.0. The molecule has 0 aromatic carbocycles. The number of likely N-dealkylation sites (N-methyl/N-ethyl adjacent to an activating group) is 1. The highest BCUT2D eigenvalue weighted by molar-refractivity contribution is 7.47. The molecule has 0 fully saturated rings. The van der Waals surface area contributed by atoms with E-state index in [1.807, 2.05) is 33.3 Å². The number of carbonyl (C=O) groups is 2. The molecule has 3 atom stereocenters. The summed E-state index contributed by atoms with van der Waals surface area (Å²) >= 11 is 0. The number of esters is 1. The molecular formula is C73H140N2O7P+. The number of rotatable bonds is 66. The predicted octanol–water partition coefficient (Wildman–Crippen LogP) is 22.8. The quantitative estimate of drug-likeness (QED) is 0.0205. The van der Waals surface area contributed by atoms with Crippen molar-refractivity contribution in [1.82, 2.24) is 5.32 Å². The van der Waals surface area contributed by atoms with Gasteiger partial charge in [-0.15, -0.1) is 0 Å². The Morgan fingerprint density at radius 3 is 1.12 bits per heavy atom. The Morgan fingerprint density at radius 2 is 0.735 bits per heavy atom. The molecule has 0 saturated heterocycles. The molecule has 0 rings (SSSR count). The van der Waals surface area contributed by atoms with E-state index in [1.165, 1.54) is 257 Å². The summed E-state index contributed by atoms with van der Waals surface area (Å²) in [5.41, 5.74) is 0. The fraction of sp³-hybridized carbons (Fsp3) is 0.863. The van der Waals surface area contributed by atoms with Gasteiger partial charge in [-0.3, -0.25) is 18.6 Å². The molecule has 83 heavy (non-hydrogen) atoms. The van der Waals surface area contributed by atoms with Gasteiger partial charge in [0.25, 0.3) is 0 Å². The van der Waals surface area contributed by atoms with Crippen molar-refractivity contribution in [2.75, 3.05) is 40.9 Å². The summed E-state index contributed by atoms with van der Waals surface area (Å²) < 4.78 is 30.9. The molecule has 0 aromatic rings. The van der Waals surface area contributed by atoms with Crippen molar-refractivity contribution in [3.8, 4) is 0 Å². The van der Waals surface area contributed by atoms with Gasteiger partial charge in [0.05, 0.1) is 33.8 Å². The summed E-state index contributed by atoms with van der Waals surface area (Å²) in [7, 11) is 1.51. The Kier molecular flexibility index (Phi) is 61.5. The van der Waals surface area contributed by atoms with E-state index in [1.54, 1.807) is 0 Å². The van der Waals surface area contributed by atoms with E-state index in [4.69, 9.17) is 13.8 Å². The number of phosphoric acid groups is 1. The lowest BCUT2D eigenvalue weighted by Crippen LogP contribution is -2.47. The van der Waals surface area contributed by atoms with Crippen LogP contribution in [0.3, 0.4) is 0 Å². The van der Waals surface area contributed by atoms with Gasteiger partial charge in [-0.1, -0.05) is 301 Å². The van der Waals surface area contributed by atoms with Crippen molar-refractivity contribution in [1.29, 1.82) is 0 Å². The van der Waals surface area contributed by atoms with Crippen LogP contribution >= 0.6 is 7.82 Å². The molecule has 0 aliphatic heterocycles. The zero-order chi connectivity index (χ0) is 60.7. The smallest absolute Gasteiger partial charge is 0.456 e. The first kappa shape index (κ1) is 81.0. The van der Waals surface area contributed by atoms with E-state index >= 15 is 0 Å². The van der Waals surface area contributed by atoms with Gasteiger partial charge >= 0.3 is 13.8 Å². The van der Waals surface area contributed by atoms with Crippen LogP contribution in [0, 0.1) is 0 Å². The summed E-state index contributed by atoms with van der Waals surface area (Å²) in [6.45, 7) is 7.04. The summed E-state index contributed by atoms with van der Waals surface area (Å²) in [5, 5.41) is 3.08. The first-order valence-electron chi connectivity index (χ1n) is 36.0. The fourth-order valence-corrected chi connectivity index (χ4v) is 11.4. The van der Waals surface area contributed by atoms with Crippen LogP contribution in [0.5, 0.6) is 0 Å². The molecule has 488 valence electrons. The summed E-state index contributed by atoms with van der Waals surface area (Å²) in [6, 6.07) is -0.849. The second kappa shape index (κ2) is 63.0. The minimum absolute atomic E-state index is 0.0414. The number of quaternary nitrogens is 1. The first-order valence-corrected chi connectivity index (χ1v) is 37.5. The highest BCUT2D eigenvalue weighted by atomic mass is 31.2. The van der Waals surface area contributed by atoms with E-state index in [9.17, 15) is 19.0 Å². The Bertz CT molecular complexity index is 1560. The van der Waals surface area contributed by atoms with Gasteiger partial charge in [0.2, 0.25) is 5.91 Å². The Balaban J connectivity index is 5.09. The normalized spacial score (nSPS) is 13.8. The maximum Gasteiger partial charge on any atom is 0.472 e. The third kappa shape index (κ3) is 64.3. The number of nitrogens with one attached hydrogen (secondary N) is 1. The zero-order valence-corrected chi connectivity index (χ0v) is 56.8. The largest absolute Gasteiger partial charge is 0.472 e. The van der Waals surface area contributed by atoms with Gasteiger partial charge in [-0.2, -0.15) is 0 Å². The van der Waals surface area contributed by atoms with Crippen LogP contribution in [0.1, 0.15) is 355 Å². The molecule has 9 nitrogen and oxygen atoms in total. The molecule has 0 aliphatic rings. The average molecular weight is 1190 g/mol. The molecule has 0 aromatic heterocycles. The number of ether oxygens (including phenoxy) is 1. The van der Waals surface area contributed by atoms with Gasteiger partial charge in [0, 0.05) is 12.8 Å². The van der Waals surface area contributed by atoms with Gasteiger partial charge in [0.1, 0.15) is 19.3 Å². The summed E-state index contributed by atoms with van der Waals surface area (Å²) in [6.07, 6.45) is 79.7. The van der Waals surface area contributed by atoms with Crippen LogP contribution in [-0.4, -0.2) is 74.3 Å². The Hall–Kier alpha value is -2.03. The third-order valence-corrected chi connectivity index (χ3v) is 17.2. The number of unbranched alkanes of at least 4 members (excludes halogenated alkanes) is 44. The Morgan fingerprint density at radius 1 is 0.422 bits per heavy atom. The molecule has 2 N–H and O–H groups in total. The zero-order valence-electron chi connectivity index (χ0n) is 56.0. The van der Waals surface area contributed by atoms with Crippen LogP contribution in [0.25, 0.3) is 0 Å². The van der Waals surface area contributed by atoms with Crippen molar-refractivity contribution in [3.63, 3.8) is 0 Å². The predicted molar refractivity (Wildman–Crippen MR) is 360 cm³/mol. The van der Waals surface area contributed by atoms with Gasteiger partial charge in [-0.25, -0.2) is 4.57 Å². The molecule has 0 heterocycles. The van der Waals surface area contributed by atoms with Gasteiger partial charge < -0.3 is 19.4 Å². The van der Waals surface area contributed by atoms with Crippen LogP contribution in [-0.2, 0) is 27.9 Å². The number of phosphoric ester groups is 1. The van der Waals surface area contributed by atoms with Gasteiger partial charge in [-0.05, 0) is 89.5 Å². The lowest BCUT2D eigenvalue weighted by molar-refractivity contribution is -0.870. The highest BCUT2D eigenvalue weighted by Crippen LogP contribution is 2.43. The third-order valence-electron chi connectivity index (χ3n) is 16.2. The van der Waals surface area contributed by atoms with E-state index in [0.29, 0.717) is 23.9 Å². The summed E-state index contributed by atoms with van der Waals surface area (Å²) in [4.78, 5) is 37.9. The number of allylic oxidation sites excluding steroid dienone is 7. The van der Waals surface area contributed by atoms with Crippen molar-refractivity contribution in [3.05, 3.63) is 48.6 Å². The maximum absolute atomic E-state index is 13.6. The fourth-order valence-electron chi connectivity index (χ4n) is 10.7. The number of hydrogen-bond acceptors (Lipinski definition) is 6. The minimum atomic E-state index is -4.45. The van der Waals surface area contributed by atoms with Crippen LogP contribution in [0.2, 0.25) is 0 Å². The number of hydrogen-bond donors (Lipinski definition) is 2. The molecule has 1 amide bonds. The highest BCUT2D eigenvalue weighted by Gasteiger charge is 2.30. The first-order chi connectivity index (χ1) is 40.4. The minimum Gasteiger partial charge on any atom is -0.456 e. The molecule has 10 heteroatoms. The SMILES string of the molecule is CCCCC/C=C\C/C=C\CCCCCCCCCCCCCCCC(=O)NC(COP(=O)(O)OCC[N+](C)(C)C)C(/C=C/CCCCCCCCCCCCC)OC(=O)CCCCCCCCCCCCC/C=C/CCCCCCCC. The van der Waals surface area contributed by atoms with Crippen LogP contribution in [0.4, 0.5) is 0 Å². The van der Waals surface area contributed by atoms with Crippen molar-refractivity contribution in [2.45, 2.75) is 367 Å². The van der Waals surface area contributed by atoms with E-state index in [0.717, 1.165) is 64.2 Å². The summed E-state index contributed by atoms with van der Waals surface area (Å²) in [5.74, 6) is -0.490. The molecule has 0 bridgehead atoms. The number of amides is 1. The molecule has 0 saturated carbocycles. The van der Waals surface area contributed by atoms with E-state index < -0.39 is 20.0 Å². The van der Waals surface area contributed by atoms with Crippen LogP contribution in [0.15, 0.2) is 48.6 Å². The van der Waals surface area contributed by atoms with E-state index in [-0.39, 0.29) is 25.1 Å². The average Bonchev–Trinajstić information content (AvgIpc) is 3.46. The topological polar surface area (TPSA) is 111 Å². The molecule has 0 radical (unpaired) electrons. The van der Waals surface area contributed by atoms with Crippen molar-refractivity contribution in [2.24, 2.45) is 0 Å². The second-order valence-electron chi connectivity index (χ2n) is 25.8. The van der Waals surface area contributed by atoms with Gasteiger partial charge in [0.15, 0.2) is 0 Å². The second-order valence-corrected chi connectivity index (χ2v) is 27.2. The standard InChI is InChI=1S/C73H139N2O7P/c1-7-10-13-16-19-22-25-28-30-32-34-36-37-39-40-42-44-47-50-53-56-59-62-65-72(76)74-70(69-81-83(78,79)80-68-67-75(4,5)6)71(64-61-58-55-52-49-46-27-24-21-18-15-12-9-3)82-73(77)66-63-60-57-54-51-48-45-43-41-38-35-33-31-29-26-23-20-17-14-11-8-2/h19,22,28-31,61,64,70-71H,7-18,20-21,23-27,32-60,62-63,65-69H2,1-6H3,(H-,74,76,78,79)/p+1/b22-19-,30-28-,31-29+,64-61+. The monoisotopic (exact) mass is 1190 g/mol.